The number of esters is 1. The van der Waals surface area contributed by atoms with Crippen molar-refractivity contribution in [3.63, 3.8) is 0 Å². The molecule has 3 heterocycles. The number of ether oxygens (including phenoxy) is 2. The minimum atomic E-state index is -0.235. The highest BCUT2D eigenvalue weighted by atomic mass is 16.5. The molecule has 1 aliphatic rings. The Labute approximate surface area is 179 Å². The molecule has 1 aromatic carbocycles. The third-order valence-corrected chi connectivity index (χ3v) is 5.32. The zero-order chi connectivity index (χ0) is 21.8. The maximum absolute atomic E-state index is 11.7. The van der Waals surface area contributed by atoms with E-state index in [1.165, 1.54) is 18.9 Å². The zero-order valence-corrected chi connectivity index (χ0v) is 17.3. The van der Waals surface area contributed by atoms with Crippen LogP contribution >= 0.6 is 0 Å². The molecule has 0 fully saturated rings. The van der Waals surface area contributed by atoms with Crippen LogP contribution in [-0.4, -0.2) is 34.6 Å². The summed E-state index contributed by atoms with van der Waals surface area (Å²) in [5.41, 5.74) is 5.88. The summed E-state index contributed by atoms with van der Waals surface area (Å²) >= 11 is 0. The Hall–Kier alpha value is -3.83. The van der Waals surface area contributed by atoms with E-state index < -0.39 is 0 Å². The lowest BCUT2D eigenvalue weighted by atomic mass is 9.97. The summed E-state index contributed by atoms with van der Waals surface area (Å²) in [5.74, 6) is 0.678. The summed E-state index contributed by atoms with van der Waals surface area (Å²) in [6.45, 7) is 3.82. The number of carbonyl (C=O) groups is 1. The predicted molar refractivity (Wildman–Crippen MR) is 112 cm³/mol. The first-order valence-electron chi connectivity index (χ1n) is 9.85. The number of carbonyl (C=O) groups excluding carboxylic acids is 1. The summed E-state index contributed by atoms with van der Waals surface area (Å²) in [6, 6.07) is 7.54. The molecule has 8 heteroatoms. The molecule has 0 unspecified atom stereocenters. The van der Waals surface area contributed by atoms with Crippen LogP contribution in [0.25, 0.3) is 11.5 Å². The first kappa shape index (κ1) is 20.4. The second-order valence-electron chi connectivity index (χ2n) is 7.18. The monoisotopic (exact) mass is 415 g/mol. The number of nitrogens with one attached hydrogen (secondary N) is 1. The first-order valence-corrected chi connectivity index (χ1v) is 9.85. The van der Waals surface area contributed by atoms with Crippen molar-refractivity contribution in [2.45, 2.75) is 26.5 Å². The molecule has 1 N–H and O–H groups in total. The number of hydrogen-bond donors (Lipinski definition) is 1. The van der Waals surface area contributed by atoms with Crippen LogP contribution < -0.4 is 10.1 Å². The number of fused-ring (bicyclic) bond motifs is 1. The van der Waals surface area contributed by atoms with E-state index in [1.807, 2.05) is 25.1 Å². The van der Waals surface area contributed by atoms with Crippen molar-refractivity contribution < 1.29 is 14.3 Å². The third-order valence-electron chi connectivity index (χ3n) is 5.32. The number of rotatable bonds is 7. The second-order valence-corrected chi connectivity index (χ2v) is 7.18. The summed E-state index contributed by atoms with van der Waals surface area (Å²) in [4.78, 5) is 24.6. The molecule has 0 bridgehead atoms. The number of cyclic esters (lactones) is 1. The van der Waals surface area contributed by atoms with Gasteiger partial charge in [0, 0.05) is 42.3 Å². The quantitative estimate of drug-likeness (QED) is 0.463. The maximum Gasteiger partial charge on any atom is 0.338 e. The molecule has 0 amide bonds. The van der Waals surface area contributed by atoms with Crippen molar-refractivity contribution >= 4 is 5.97 Å². The lowest BCUT2D eigenvalue weighted by molar-refractivity contribution is 0.0535. The topological polar surface area (TPSA) is 110 Å². The summed E-state index contributed by atoms with van der Waals surface area (Å²) < 4.78 is 10.3. The minimum Gasteiger partial charge on any atom is -0.495 e. The van der Waals surface area contributed by atoms with Gasteiger partial charge in [0.15, 0.2) is 5.82 Å². The van der Waals surface area contributed by atoms with Crippen molar-refractivity contribution in [1.82, 2.24) is 20.3 Å². The highest BCUT2D eigenvalue weighted by Crippen LogP contribution is 2.26. The van der Waals surface area contributed by atoms with Gasteiger partial charge in [-0.25, -0.2) is 14.8 Å². The van der Waals surface area contributed by atoms with Gasteiger partial charge in [0.25, 0.3) is 0 Å². The van der Waals surface area contributed by atoms with E-state index in [9.17, 15) is 4.79 Å². The molecule has 0 saturated heterocycles. The molecule has 3 aromatic rings. The highest BCUT2D eigenvalue weighted by Gasteiger charge is 2.23. The number of nitriles is 1. The normalized spacial score (nSPS) is 12.2. The SMILES string of the molecule is COc1cc(-c2ncc(CNCCc3ccc4c(c3C)COC4=O)cn2)ncc1C#N. The van der Waals surface area contributed by atoms with Crippen molar-refractivity contribution in [3.05, 3.63) is 70.2 Å². The van der Waals surface area contributed by atoms with E-state index in [0.29, 0.717) is 41.5 Å². The Morgan fingerprint density at radius 3 is 2.77 bits per heavy atom. The molecule has 156 valence electrons. The fraction of sp³-hybridized carbons (Fsp3) is 0.261. The Morgan fingerprint density at radius 2 is 2.03 bits per heavy atom. The first-order chi connectivity index (χ1) is 15.1. The molecule has 0 atom stereocenters. The number of benzene rings is 1. The van der Waals surface area contributed by atoms with Crippen LogP contribution in [0.15, 0.2) is 36.8 Å². The fourth-order valence-electron chi connectivity index (χ4n) is 3.52. The largest absolute Gasteiger partial charge is 0.495 e. The van der Waals surface area contributed by atoms with Crippen LogP contribution in [0.5, 0.6) is 5.75 Å². The van der Waals surface area contributed by atoms with Crippen molar-refractivity contribution in [2.75, 3.05) is 13.7 Å². The molecule has 1 aliphatic heterocycles. The summed E-state index contributed by atoms with van der Waals surface area (Å²) in [7, 11) is 1.51. The van der Waals surface area contributed by atoms with Crippen molar-refractivity contribution in [2.24, 2.45) is 0 Å². The van der Waals surface area contributed by atoms with E-state index in [2.05, 4.69) is 20.3 Å². The van der Waals surface area contributed by atoms with Crippen molar-refractivity contribution in [3.8, 4) is 23.3 Å². The van der Waals surface area contributed by atoms with Gasteiger partial charge in [-0.3, -0.25) is 4.98 Å². The van der Waals surface area contributed by atoms with Gasteiger partial charge in [-0.2, -0.15) is 5.26 Å². The average molecular weight is 415 g/mol. The smallest absolute Gasteiger partial charge is 0.338 e. The van der Waals surface area contributed by atoms with Crippen LogP contribution in [0.1, 0.15) is 38.2 Å². The lowest BCUT2D eigenvalue weighted by Crippen LogP contribution is -2.17. The number of hydrogen-bond acceptors (Lipinski definition) is 8. The van der Waals surface area contributed by atoms with Crippen LogP contribution in [0.3, 0.4) is 0 Å². The van der Waals surface area contributed by atoms with E-state index in [0.717, 1.165) is 29.7 Å². The van der Waals surface area contributed by atoms with Gasteiger partial charge in [0.1, 0.15) is 29.7 Å². The fourth-order valence-corrected chi connectivity index (χ4v) is 3.52. The molecule has 0 spiro atoms. The van der Waals surface area contributed by atoms with E-state index in [4.69, 9.17) is 14.7 Å². The molecule has 2 aromatic heterocycles. The zero-order valence-electron chi connectivity index (χ0n) is 17.3. The van der Waals surface area contributed by atoms with Crippen LogP contribution in [-0.2, 0) is 24.3 Å². The van der Waals surface area contributed by atoms with Gasteiger partial charge >= 0.3 is 5.97 Å². The van der Waals surface area contributed by atoms with E-state index >= 15 is 0 Å². The Morgan fingerprint density at radius 1 is 1.23 bits per heavy atom. The van der Waals surface area contributed by atoms with E-state index in [1.54, 1.807) is 18.5 Å². The van der Waals surface area contributed by atoms with Gasteiger partial charge in [0.2, 0.25) is 0 Å². The van der Waals surface area contributed by atoms with Gasteiger partial charge in [-0.05, 0) is 37.1 Å². The molecule has 0 aliphatic carbocycles. The van der Waals surface area contributed by atoms with Gasteiger partial charge in [0.05, 0.1) is 12.7 Å². The molecule has 8 nitrogen and oxygen atoms in total. The van der Waals surface area contributed by atoms with Crippen LogP contribution in [0.4, 0.5) is 0 Å². The Bertz CT molecular complexity index is 1170. The molecule has 4 rings (SSSR count). The van der Waals surface area contributed by atoms with Crippen LogP contribution in [0, 0.1) is 18.3 Å². The van der Waals surface area contributed by atoms with Gasteiger partial charge in [-0.1, -0.05) is 6.07 Å². The minimum absolute atomic E-state index is 0.235. The summed E-state index contributed by atoms with van der Waals surface area (Å²) in [5, 5.41) is 12.5. The number of pyridine rings is 1. The third kappa shape index (κ3) is 4.22. The summed E-state index contributed by atoms with van der Waals surface area (Å²) in [6.07, 6.45) is 5.81. The molecule has 31 heavy (non-hydrogen) atoms. The molecule has 0 radical (unpaired) electrons. The standard InChI is InChI=1S/C23H21N5O3/c1-14-16(3-4-18-19(14)13-31-23(18)29)5-6-25-9-15-10-27-22(28-11-15)20-7-21(30-2)17(8-24)12-26-20/h3-4,7,10-12,25H,5-6,9,13H2,1-2H3. The predicted octanol–water partition coefficient (Wildman–Crippen LogP) is 2.73. The van der Waals surface area contributed by atoms with Gasteiger partial charge < -0.3 is 14.8 Å². The average Bonchev–Trinajstić information content (AvgIpc) is 3.19. The van der Waals surface area contributed by atoms with E-state index in [-0.39, 0.29) is 5.97 Å². The number of aromatic nitrogens is 3. The molecular formula is C23H21N5O3. The molecular weight excluding hydrogens is 394 g/mol. The molecule has 0 saturated carbocycles. The number of methoxy groups -OCH3 is 1. The lowest BCUT2D eigenvalue weighted by Gasteiger charge is -2.10. The van der Waals surface area contributed by atoms with Gasteiger partial charge in [-0.15, -0.1) is 0 Å². The maximum atomic E-state index is 11.7. The Kier molecular flexibility index (Phi) is 5.87. The highest BCUT2D eigenvalue weighted by molar-refractivity contribution is 5.93. The number of nitrogens with zero attached hydrogens (tertiary/aromatic N) is 4. The van der Waals surface area contributed by atoms with Crippen molar-refractivity contribution in [1.29, 1.82) is 5.26 Å². The second kappa shape index (κ2) is 8.90. The van der Waals surface area contributed by atoms with Crippen LogP contribution in [0.2, 0.25) is 0 Å². The Balaban J connectivity index is 1.34.